The molecule has 0 atom stereocenters. The van der Waals surface area contributed by atoms with E-state index < -0.39 is 0 Å². The molecule has 2 N–H and O–H groups in total. The van der Waals surface area contributed by atoms with Gasteiger partial charge in [0, 0.05) is 30.0 Å². The first-order chi connectivity index (χ1) is 7.16. The standard InChI is InChI=1S/C11H13N3S/c1-8-7-9(12)3-4-10(8)15-11-13-5-6-14(11)2/h3-7H,12H2,1-2H3. The molecular weight excluding hydrogens is 206 g/mol. The van der Waals surface area contributed by atoms with Crippen molar-refractivity contribution in [3.8, 4) is 0 Å². The summed E-state index contributed by atoms with van der Waals surface area (Å²) in [5, 5.41) is 0.989. The van der Waals surface area contributed by atoms with E-state index in [9.17, 15) is 0 Å². The summed E-state index contributed by atoms with van der Waals surface area (Å²) >= 11 is 1.65. The maximum Gasteiger partial charge on any atom is 0.172 e. The molecule has 0 spiro atoms. The molecule has 2 aromatic rings. The number of aryl methyl sites for hydroxylation is 2. The largest absolute Gasteiger partial charge is 0.399 e. The summed E-state index contributed by atoms with van der Waals surface area (Å²) < 4.78 is 2.00. The summed E-state index contributed by atoms with van der Waals surface area (Å²) in [7, 11) is 1.99. The van der Waals surface area contributed by atoms with Crippen molar-refractivity contribution in [3.05, 3.63) is 36.2 Å². The van der Waals surface area contributed by atoms with Gasteiger partial charge in [-0.25, -0.2) is 4.98 Å². The van der Waals surface area contributed by atoms with Gasteiger partial charge in [-0.2, -0.15) is 0 Å². The number of hydrogen-bond acceptors (Lipinski definition) is 3. The Balaban J connectivity index is 2.29. The van der Waals surface area contributed by atoms with E-state index in [0.717, 1.165) is 10.8 Å². The molecule has 0 radical (unpaired) electrons. The first-order valence-corrected chi connectivity index (χ1v) is 5.50. The van der Waals surface area contributed by atoms with Gasteiger partial charge in [-0.1, -0.05) is 11.8 Å². The van der Waals surface area contributed by atoms with Gasteiger partial charge in [-0.3, -0.25) is 0 Å². The lowest BCUT2D eigenvalue weighted by Gasteiger charge is -2.05. The highest BCUT2D eigenvalue weighted by atomic mass is 32.2. The van der Waals surface area contributed by atoms with Crippen LogP contribution in [-0.2, 0) is 7.05 Å². The third-order valence-electron chi connectivity index (χ3n) is 2.18. The van der Waals surface area contributed by atoms with E-state index in [1.54, 1.807) is 18.0 Å². The monoisotopic (exact) mass is 219 g/mol. The Morgan fingerprint density at radius 2 is 2.20 bits per heavy atom. The van der Waals surface area contributed by atoms with Gasteiger partial charge in [-0.15, -0.1) is 0 Å². The van der Waals surface area contributed by atoms with Crippen molar-refractivity contribution in [2.45, 2.75) is 17.0 Å². The maximum absolute atomic E-state index is 5.70. The number of rotatable bonds is 2. The van der Waals surface area contributed by atoms with Crippen molar-refractivity contribution in [1.82, 2.24) is 9.55 Å². The van der Waals surface area contributed by atoms with Crippen LogP contribution in [0, 0.1) is 6.92 Å². The normalized spacial score (nSPS) is 10.5. The second kappa shape index (κ2) is 3.98. The number of hydrogen-bond donors (Lipinski definition) is 1. The molecule has 1 aromatic carbocycles. The average Bonchev–Trinajstić information content (AvgIpc) is 2.57. The fourth-order valence-corrected chi connectivity index (χ4v) is 2.21. The van der Waals surface area contributed by atoms with Gasteiger partial charge < -0.3 is 10.3 Å². The molecule has 1 heterocycles. The fraction of sp³-hybridized carbons (Fsp3) is 0.182. The Bertz CT molecular complexity index is 476. The van der Waals surface area contributed by atoms with Gasteiger partial charge >= 0.3 is 0 Å². The first kappa shape index (κ1) is 10.1. The molecule has 2 rings (SSSR count). The number of nitrogens with two attached hydrogens (primary N) is 1. The molecule has 0 fully saturated rings. The van der Waals surface area contributed by atoms with Crippen LogP contribution in [0.2, 0.25) is 0 Å². The molecule has 0 amide bonds. The average molecular weight is 219 g/mol. The van der Waals surface area contributed by atoms with E-state index in [0.29, 0.717) is 0 Å². The Morgan fingerprint density at radius 3 is 2.80 bits per heavy atom. The molecular formula is C11H13N3S. The van der Waals surface area contributed by atoms with Crippen LogP contribution in [-0.4, -0.2) is 9.55 Å². The number of anilines is 1. The summed E-state index contributed by atoms with van der Waals surface area (Å²) in [5.74, 6) is 0. The summed E-state index contributed by atoms with van der Waals surface area (Å²) in [6.07, 6.45) is 3.74. The fourth-order valence-electron chi connectivity index (χ4n) is 1.34. The second-order valence-corrected chi connectivity index (χ2v) is 4.46. The van der Waals surface area contributed by atoms with Crippen LogP contribution in [0.5, 0.6) is 0 Å². The molecule has 4 heteroatoms. The summed E-state index contributed by atoms with van der Waals surface area (Å²) in [5.41, 5.74) is 7.69. The number of benzene rings is 1. The number of nitrogens with zero attached hydrogens (tertiary/aromatic N) is 2. The lowest BCUT2D eigenvalue weighted by Crippen LogP contribution is -1.91. The Hall–Kier alpha value is -1.42. The number of nitrogen functional groups attached to an aromatic ring is 1. The first-order valence-electron chi connectivity index (χ1n) is 4.68. The maximum atomic E-state index is 5.70. The van der Waals surface area contributed by atoms with Crippen LogP contribution in [0.3, 0.4) is 0 Å². The van der Waals surface area contributed by atoms with E-state index in [1.165, 1.54) is 10.5 Å². The molecule has 0 aliphatic heterocycles. The van der Waals surface area contributed by atoms with Gasteiger partial charge in [0.25, 0.3) is 0 Å². The highest BCUT2D eigenvalue weighted by Gasteiger charge is 2.04. The molecule has 0 unspecified atom stereocenters. The molecule has 0 aliphatic carbocycles. The van der Waals surface area contributed by atoms with Crippen LogP contribution in [0.1, 0.15) is 5.56 Å². The Labute approximate surface area is 93.3 Å². The van der Waals surface area contributed by atoms with Crippen LogP contribution in [0.25, 0.3) is 0 Å². The quantitative estimate of drug-likeness (QED) is 0.789. The van der Waals surface area contributed by atoms with E-state index in [4.69, 9.17) is 5.73 Å². The van der Waals surface area contributed by atoms with Crippen molar-refractivity contribution in [3.63, 3.8) is 0 Å². The second-order valence-electron chi connectivity index (χ2n) is 3.45. The molecule has 3 nitrogen and oxygen atoms in total. The van der Waals surface area contributed by atoms with Gasteiger partial charge in [0.05, 0.1) is 0 Å². The van der Waals surface area contributed by atoms with Crippen molar-refractivity contribution in [2.24, 2.45) is 7.05 Å². The van der Waals surface area contributed by atoms with Crippen LogP contribution in [0.4, 0.5) is 5.69 Å². The van der Waals surface area contributed by atoms with E-state index in [1.807, 2.05) is 36.0 Å². The lowest BCUT2D eigenvalue weighted by molar-refractivity contribution is 0.790. The number of aromatic nitrogens is 2. The Morgan fingerprint density at radius 1 is 1.40 bits per heavy atom. The molecule has 0 bridgehead atoms. The summed E-state index contributed by atoms with van der Waals surface area (Å²) in [4.78, 5) is 5.46. The molecule has 0 aliphatic rings. The van der Waals surface area contributed by atoms with Gasteiger partial charge in [0.2, 0.25) is 0 Å². The van der Waals surface area contributed by atoms with E-state index >= 15 is 0 Å². The minimum atomic E-state index is 0.802. The van der Waals surface area contributed by atoms with Gasteiger partial charge in [0.15, 0.2) is 5.16 Å². The van der Waals surface area contributed by atoms with Crippen molar-refractivity contribution >= 4 is 17.4 Å². The minimum absolute atomic E-state index is 0.802. The predicted molar refractivity (Wildman–Crippen MR) is 62.9 cm³/mol. The van der Waals surface area contributed by atoms with Crippen molar-refractivity contribution in [1.29, 1.82) is 0 Å². The van der Waals surface area contributed by atoms with Crippen molar-refractivity contribution < 1.29 is 0 Å². The van der Waals surface area contributed by atoms with Crippen LogP contribution >= 0.6 is 11.8 Å². The summed E-state index contributed by atoms with van der Waals surface area (Å²) in [6, 6.07) is 5.92. The lowest BCUT2D eigenvalue weighted by atomic mass is 10.2. The highest BCUT2D eigenvalue weighted by molar-refractivity contribution is 7.99. The smallest absolute Gasteiger partial charge is 0.172 e. The van der Waals surface area contributed by atoms with Gasteiger partial charge in [-0.05, 0) is 30.7 Å². The topological polar surface area (TPSA) is 43.8 Å². The van der Waals surface area contributed by atoms with E-state index in [2.05, 4.69) is 11.9 Å². The molecule has 0 saturated carbocycles. The van der Waals surface area contributed by atoms with Crippen LogP contribution in [0.15, 0.2) is 40.6 Å². The minimum Gasteiger partial charge on any atom is -0.399 e. The van der Waals surface area contributed by atoms with Crippen LogP contribution < -0.4 is 5.73 Å². The molecule has 1 aromatic heterocycles. The zero-order valence-electron chi connectivity index (χ0n) is 8.77. The molecule has 15 heavy (non-hydrogen) atoms. The molecule has 0 saturated heterocycles. The zero-order chi connectivity index (χ0) is 10.8. The highest BCUT2D eigenvalue weighted by Crippen LogP contribution is 2.29. The van der Waals surface area contributed by atoms with Gasteiger partial charge in [0.1, 0.15) is 0 Å². The third-order valence-corrected chi connectivity index (χ3v) is 3.43. The number of imidazole rings is 1. The zero-order valence-corrected chi connectivity index (χ0v) is 9.58. The third kappa shape index (κ3) is 2.15. The molecule has 78 valence electrons. The Kier molecular flexibility index (Phi) is 2.68. The van der Waals surface area contributed by atoms with E-state index in [-0.39, 0.29) is 0 Å². The van der Waals surface area contributed by atoms with Crippen molar-refractivity contribution in [2.75, 3.05) is 5.73 Å². The predicted octanol–water partition coefficient (Wildman–Crippen LogP) is 2.46. The summed E-state index contributed by atoms with van der Waals surface area (Å²) in [6.45, 7) is 2.06. The SMILES string of the molecule is Cc1cc(N)ccc1Sc1nccn1C.